The number of nitrogens with one attached hydrogen (secondary N) is 1. The largest absolute Gasteiger partial charge is 0.279 e. The molecule has 6 nitrogen and oxygen atoms in total. The number of halogens is 2. The molecule has 0 aliphatic carbocycles. The maximum atomic E-state index is 13.9. The number of nitrogens with zero attached hydrogens (tertiary/aromatic N) is 1. The number of rotatable bonds is 5. The Bertz CT molecular complexity index is 1080. The maximum Gasteiger partial charge on any atom is 0.267 e. The molecule has 1 aliphatic heterocycles. The number of anilines is 1. The van der Waals surface area contributed by atoms with Crippen LogP contribution in [0.4, 0.5) is 14.5 Å². The van der Waals surface area contributed by atoms with Crippen molar-refractivity contribution in [2.45, 2.75) is 36.0 Å². The van der Waals surface area contributed by atoms with Crippen LogP contribution in [-0.4, -0.2) is 34.2 Å². The first kappa shape index (κ1) is 20.7. The third-order valence-corrected chi connectivity index (χ3v) is 7.90. The maximum absolute atomic E-state index is 13.9. The van der Waals surface area contributed by atoms with Gasteiger partial charge in [0.05, 0.1) is 10.6 Å². The highest BCUT2D eigenvalue weighted by Crippen LogP contribution is 2.28. The van der Waals surface area contributed by atoms with Crippen LogP contribution in [0.15, 0.2) is 46.2 Å². The van der Waals surface area contributed by atoms with Crippen LogP contribution in [0.5, 0.6) is 0 Å². The SMILES string of the molecule is Cc1ccc(S(=O)(=O)N2CCCCC2)cc1NS(=O)(=O)c1c(F)cccc1F. The predicted molar refractivity (Wildman–Crippen MR) is 101 cm³/mol. The van der Waals surface area contributed by atoms with Crippen molar-refractivity contribution in [3.05, 3.63) is 53.6 Å². The molecule has 1 saturated heterocycles. The molecule has 10 heteroatoms. The fourth-order valence-electron chi connectivity index (χ4n) is 3.06. The number of benzene rings is 2. The molecule has 152 valence electrons. The van der Waals surface area contributed by atoms with E-state index in [0.717, 1.165) is 37.5 Å². The van der Waals surface area contributed by atoms with Gasteiger partial charge in [0, 0.05) is 13.1 Å². The van der Waals surface area contributed by atoms with E-state index >= 15 is 0 Å². The highest BCUT2D eigenvalue weighted by molar-refractivity contribution is 7.92. The molecule has 2 aromatic carbocycles. The van der Waals surface area contributed by atoms with Gasteiger partial charge in [0.2, 0.25) is 10.0 Å². The number of sulfonamides is 2. The molecule has 2 aromatic rings. The Kier molecular flexibility index (Phi) is 5.74. The zero-order valence-corrected chi connectivity index (χ0v) is 16.8. The molecule has 0 unspecified atom stereocenters. The molecule has 1 aliphatic rings. The van der Waals surface area contributed by atoms with E-state index in [0.29, 0.717) is 18.7 Å². The van der Waals surface area contributed by atoms with Gasteiger partial charge >= 0.3 is 0 Å². The normalized spacial score (nSPS) is 16.1. The average molecular weight is 430 g/mol. The second kappa shape index (κ2) is 7.76. The van der Waals surface area contributed by atoms with Crippen molar-refractivity contribution in [2.24, 2.45) is 0 Å². The molecule has 0 bridgehead atoms. The molecule has 0 saturated carbocycles. The topological polar surface area (TPSA) is 83.6 Å². The van der Waals surface area contributed by atoms with E-state index in [4.69, 9.17) is 0 Å². The van der Waals surface area contributed by atoms with E-state index in [-0.39, 0.29) is 10.6 Å². The molecule has 28 heavy (non-hydrogen) atoms. The lowest BCUT2D eigenvalue weighted by molar-refractivity contribution is 0.346. The fraction of sp³-hybridized carbons (Fsp3) is 0.333. The van der Waals surface area contributed by atoms with Crippen molar-refractivity contribution < 1.29 is 25.6 Å². The third kappa shape index (κ3) is 4.03. The number of hydrogen-bond acceptors (Lipinski definition) is 4. The Morgan fingerprint density at radius 3 is 2.14 bits per heavy atom. The summed E-state index contributed by atoms with van der Waals surface area (Å²) < 4.78 is 81.9. The van der Waals surface area contributed by atoms with E-state index in [1.165, 1.54) is 22.5 Å². The van der Waals surface area contributed by atoms with Crippen LogP contribution in [0.1, 0.15) is 24.8 Å². The zero-order chi connectivity index (χ0) is 20.5. The summed E-state index contributed by atoms with van der Waals surface area (Å²) in [6.45, 7) is 2.36. The first-order chi connectivity index (χ1) is 13.1. The minimum atomic E-state index is -4.59. The van der Waals surface area contributed by atoms with Crippen LogP contribution in [0.25, 0.3) is 0 Å². The van der Waals surface area contributed by atoms with E-state index in [9.17, 15) is 25.6 Å². The van der Waals surface area contributed by atoms with E-state index < -0.39 is 36.6 Å². The summed E-state index contributed by atoms with van der Waals surface area (Å²) in [5.41, 5.74) is 0.360. The van der Waals surface area contributed by atoms with E-state index in [1.807, 2.05) is 0 Å². The Morgan fingerprint density at radius 1 is 0.929 bits per heavy atom. The van der Waals surface area contributed by atoms with Crippen molar-refractivity contribution in [3.63, 3.8) is 0 Å². The highest BCUT2D eigenvalue weighted by Gasteiger charge is 2.28. The fourth-order valence-corrected chi connectivity index (χ4v) is 5.87. The highest BCUT2D eigenvalue weighted by atomic mass is 32.2. The molecule has 0 aromatic heterocycles. The molecular formula is C18H20F2N2O4S2. The molecule has 0 atom stereocenters. The van der Waals surface area contributed by atoms with Gasteiger partial charge in [0.15, 0.2) is 4.90 Å². The first-order valence-corrected chi connectivity index (χ1v) is 11.6. The Hall–Kier alpha value is -2.04. The smallest absolute Gasteiger partial charge is 0.267 e. The number of aryl methyl sites for hydroxylation is 1. The van der Waals surface area contributed by atoms with Gasteiger partial charge in [-0.05, 0) is 49.6 Å². The minimum absolute atomic E-state index is 0.0549. The van der Waals surface area contributed by atoms with Crippen LogP contribution in [0.3, 0.4) is 0 Å². The molecule has 1 fully saturated rings. The predicted octanol–water partition coefficient (Wildman–Crippen LogP) is 3.25. The van der Waals surface area contributed by atoms with Crippen molar-refractivity contribution in [1.82, 2.24) is 4.31 Å². The van der Waals surface area contributed by atoms with Crippen molar-refractivity contribution >= 4 is 25.7 Å². The summed E-state index contributed by atoms with van der Waals surface area (Å²) >= 11 is 0. The van der Waals surface area contributed by atoms with Crippen LogP contribution >= 0.6 is 0 Å². The van der Waals surface area contributed by atoms with Crippen LogP contribution in [0, 0.1) is 18.6 Å². The van der Waals surface area contributed by atoms with Gasteiger partial charge in [-0.25, -0.2) is 25.6 Å². The Morgan fingerprint density at radius 2 is 1.54 bits per heavy atom. The molecule has 1 N–H and O–H groups in total. The standard InChI is InChI=1S/C18H20F2N2O4S2/c1-13-8-9-14(28(25,26)22-10-3-2-4-11-22)12-17(13)21-27(23,24)18-15(19)6-5-7-16(18)20/h5-9,12,21H,2-4,10-11H2,1H3. The van der Waals surface area contributed by atoms with Gasteiger partial charge in [-0.15, -0.1) is 0 Å². The lowest BCUT2D eigenvalue weighted by atomic mass is 10.2. The van der Waals surface area contributed by atoms with Gasteiger partial charge in [-0.1, -0.05) is 18.6 Å². The molecule has 0 spiro atoms. The minimum Gasteiger partial charge on any atom is -0.279 e. The first-order valence-electron chi connectivity index (χ1n) is 8.70. The third-order valence-electron chi connectivity index (χ3n) is 4.59. The lowest BCUT2D eigenvalue weighted by Gasteiger charge is -2.26. The summed E-state index contributed by atoms with van der Waals surface area (Å²) in [5.74, 6) is -2.47. The Balaban J connectivity index is 1.98. The zero-order valence-electron chi connectivity index (χ0n) is 15.2. The average Bonchev–Trinajstić information content (AvgIpc) is 2.63. The summed E-state index contributed by atoms with van der Waals surface area (Å²) in [7, 11) is -8.38. The molecule has 0 radical (unpaired) electrons. The van der Waals surface area contributed by atoms with Crippen LogP contribution < -0.4 is 4.72 Å². The van der Waals surface area contributed by atoms with Gasteiger partial charge < -0.3 is 0 Å². The van der Waals surface area contributed by atoms with Crippen molar-refractivity contribution in [2.75, 3.05) is 17.8 Å². The van der Waals surface area contributed by atoms with E-state index in [1.54, 1.807) is 6.92 Å². The Labute approximate surface area is 163 Å². The number of hydrogen-bond donors (Lipinski definition) is 1. The number of piperidine rings is 1. The van der Waals surface area contributed by atoms with Gasteiger partial charge in [0.1, 0.15) is 11.6 Å². The molecule has 1 heterocycles. The molecule has 3 rings (SSSR count). The van der Waals surface area contributed by atoms with Crippen LogP contribution in [-0.2, 0) is 20.0 Å². The monoisotopic (exact) mass is 430 g/mol. The quantitative estimate of drug-likeness (QED) is 0.789. The van der Waals surface area contributed by atoms with E-state index in [2.05, 4.69) is 4.72 Å². The van der Waals surface area contributed by atoms with Crippen LogP contribution in [0.2, 0.25) is 0 Å². The lowest BCUT2D eigenvalue weighted by Crippen LogP contribution is -2.35. The molecule has 0 amide bonds. The van der Waals surface area contributed by atoms with Gasteiger partial charge in [0.25, 0.3) is 10.0 Å². The second-order valence-electron chi connectivity index (χ2n) is 6.60. The summed E-state index contributed by atoms with van der Waals surface area (Å²) in [5, 5.41) is 0. The summed E-state index contributed by atoms with van der Waals surface area (Å²) in [6.07, 6.45) is 2.48. The van der Waals surface area contributed by atoms with Gasteiger partial charge in [-0.3, -0.25) is 4.72 Å². The summed E-state index contributed by atoms with van der Waals surface area (Å²) in [6, 6.07) is 6.74. The second-order valence-corrected chi connectivity index (χ2v) is 10.2. The van der Waals surface area contributed by atoms with Crippen molar-refractivity contribution in [3.8, 4) is 0 Å². The van der Waals surface area contributed by atoms with Gasteiger partial charge in [-0.2, -0.15) is 4.31 Å². The summed E-state index contributed by atoms with van der Waals surface area (Å²) in [4.78, 5) is -1.19. The molecular weight excluding hydrogens is 410 g/mol. The van der Waals surface area contributed by atoms with Crippen molar-refractivity contribution in [1.29, 1.82) is 0 Å².